The van der Waals surface area contributed by atoms with Crippen LogP contribution in [0.2, 0.25) is 0 Å². The van der Waals surface area contributed by atoms with Gasteiger partial charge in [-0.25, -0.2) is 8.42 Å². The maximum Gasteiger partial charge on any atom is 0.262 e. The van der Waals surface area contributed by atoms with Crippen molar-refractivity contribution in [2.75, 3.05) is 11.8 Å². The van der Waals surface area contributed by atoms with Gasteiger partial charge in [0, 0.05) is 11.1 Å². The first-order chi connectivity index (χ1) is 8.62. The standard InChI is InChI=1S/C13H11NO3S/c1-17-9-6-7-12-11(8-9)10-4-2-3-5-13(10)18(15,16)14-12/h2-8,14H,1H3. The lowest BCUT2D eigenvalue weighted by molar-refractivity contribution is 0.415. The van der Waals surface area contributed by atoms with Gasteiger partial charge in [-0.2, -0.15) is 0 Å². The quantitative estimate of drug-likeness (QED) is 0.858. The zero-order valence-electron chi connectivity index (χ0n) is 9.67. The number of sulfonamides is 1. The highest BCUT2D eigenvalue weighted by atomic mass is 32.2. The number of anilines is 1. The van der Waals surface area contributed by atoms with Gasteiger partial charge in [0.1, 0.15) is 5.75 Å². The number of methoxy groups -OCH3 is 1. The Morgan fingerprint density at radius 3 is 2.61 bits per heavy atom. The lowest BCUT2D eigenvalue weighted by atomic mass is 10.0. The Bertz CT molecular complexity index is 723. The first-order valence-electron chi connectivity index (χ1n) is 5.42. The van der Waals surface area contributed by atoms with Gasteiger partial charge in [-0.05, 0) is 24.3 Å². The molecular formula is C13H11NO3S. The smallest absolute Gasteiger partial charge is 0.262 e. The second-order valence-corrected chi connectivity index (χ2v) is 5.66. The van der Waals surface area contributed by atoms with Gasteiger partial charge in [0.05, 0.1) is 17.7 Å². The third-order valence-corrected chi connectivity index (χ3v) is 4.36. The van der Waals surface area contributed by atoms with Crippen LogP contribution in [-0.4, -0.2) is 15.5 Å². The molecule has 0 unspecified atom stereocenters. The van der Waals surface area contributed by atoms with E-state index in [4.69, 9.17) is 4.74 Å². The molecule has 2 aromatic carbocycles. The molecule has 1 heterocycles. The molecule has 0 atom stereocenters. The molecule has 3 rings (SSSR count). The van der Waals surface area contributed by atoms with Gasteiger partial charge in [0.15, 0.2) is 0 Å². The third kappa shape index (κ3) is 1.55. The summed E-state index contributed by atoms with van der Waals surface area (Å²) < 4.78 is 31.8. The molecule has 0 radical (unpaired) electrons. The summed E-state index contributed by atoms with van der Waals surface area (Å²) in [5.74, 6) is 0.699. The number of hydrogen-bond acceptors (Lipinski definition) is 3. The van der Waals surface area contributed by atoms with Gasteiger partial charge in [0.2, 0.25) is 0 Å². The van der Waals surface area contributed by atoms with E-state index in [-0.39, 0.29) is 0 Å². The topological polar surface area (TPSA) is 55.4 Å². The Morgan fingerprint density at radius 1 is 1.06 bits per heavy atom. The summed E-state index contributed by atoms with van der Waals surface area (Å²) in [4.78, 5) is 0.297. The fourth-order valence-corrected chi connectivity index (χ4v) is 3.39. The highest BCUT2D eigenvalue weighted by Gasteiger charge is 2.26. The van der Waals surface area contributed by atoms with Crippen LogP contribution in [0, 0.1) is 0 Å². The average Bonchev–Trinajstić information content (AvgIpc) is 2.38. The third-order valence-electron chi connectivity index (χ3n) is 2.94. The second kappa shape index (κ2) is 3.74. The maximum absolute atomic E-state index is 12.0. The maximum atomic E-state index is 12.0. The number of rotatable bonds is 1. The Kier molecular flexibility index (Phi) is 2.31. The van der Waals surface area contributed by atoms with Crippen LogP contribution in [0.4, 0.5) is 5.69 Å². The van der Waals surface area contributed by atoms with Crippen molar-refractivity contribution in [3.8, 4) is 16.9 Å². The zero-order chi connectivity index (χ0) is 12.8. The summed E-state index contributed by atoms with van der Waals surface area (Å²) in [6.45, 7) is 0. The molecule has 0 saturated heterocycles. The summed E-state index contributed by atoms with van der Waals surface area (Å²) in [5.41, 5.74) is 2.11. The molecule has 1 aliphatic heterocycles. The van der Waals surface area contributed by atoms with Crippen molar-refractivity contribution in [1.82, 2.24) is 0 Å². The second-order valence-electron chi connectivity index (χ2n) is 4.01. The van der Waals surface area contributed by atoms with Crippen LogP contribution >= 0.6 is 0 Å². The van der Waals surface area contributed by atoms with Gasteiger partial charge >= 0.3 is 0 Å². The summed E-state index contributed by atoms with van der Waals surface area (Å²) in [5, 5.41) is 0. The molecule has 0 spiro atoms. The lowest BCUT2D eigenvalue weighted by Crippen LogP contribution is -2.18. The van der Waals surface area contributed by atoms with E-state index in [1.165, 1.54) is 0 Å². The number of nitrogens with one attached hydrogen (secondary N) is 1. The molecule has 0 saturated carbocycles. The van der Waals surface area contributed by atoms with Gasteiger partial charge in [-0.1, -0.05) is 18.2 Å². The van der Waals surface area contributed by atoms with Gasteiger partial charge < -0.3 is 4.74 Å². The first-order valence-corrected chi connectivity index (χ1v) is 6.90. The summed E-state index contributed by atoms with van der Waals surface area (Å²) >= 11 is 0. The van der Waals surface area contributed by atoms with Crippen LogP contribution in [0.25, 0.3) is 11.1 Å². The summed E-state index contributed by atoms with van der Waals surface area (Å²) in [6.07, 6.45) is 0. The number of hydrogen-bond donors (Lipinski definition) is 1. The fourth-order valence-electron chi connectivity index (χ4n) is 2.09. The SMILES string of the molecule is COc1ccc2c(c1)-c1ccccc1S(=O)(=O)N2. The van der Waals surface area contributed by atoms with E-state index in [0.29, 0.717) is 21.9 Å². The minimum atomic E-state index is -3.47. The molecule has 0 fully saturated rings. The molecule has 18 heavy (non-hydrogen) atoms. The molecule has 4 nitrogen and oxygen atoms in total. The van der Waals surface area contributed by atoms with Crippen molar-refractivity contribution >= 4 is 15.7 Å². The average molecular weight is 261 g/mol. The molecule has 0 aliphatic carbocycles. The van der Waals surface area contributed by atoms with E-state index in [2.05, 4.69) is 4.72 Å². The monoisotopic (exact) mass is 261 g/mol. The predicted octanol–water partition coefficient (Wildman–Crippen LogP) is 2.48. The molecular weight excluding hydrogens is 250 g/mol. The molecule has 1 N–H and O–H groups in total. The van der Waals surface area contributed by atoms with Crippen molar-refractivity contribution in [3.05, 3.63) is 42.5 Å². The van der Waals surface area contributed by atoms with Crippen LogP contribution in [0.15, 0.2) is 47.4 Å². The van der Waals surface area contributed by atoms with Crippen LogP contribution in [0.1, 0.15) is 0 Å². The van der Waals surface area contributed by atoms with Crippen LogP contribution in [0.3, 0.4) is 0 Å². The van der Waals surface area contributed by atoms with E-state index < -0.39 is 10.0 Å². The fraction of sp³-hybridized carbons (Fsp3) is 0.0769. The van der Waals surface area contributed by atoms with Crippen molar-refractivity contribution in [1.29, 1.82) is 0 Å². The molecule has 0 aromatic heterocycles. The minimum Gasteiger partial charge on any atom is -0.497 e. The summed E-state index contributed by atoms with van der Waals surface area (Å²) in [7, 11) is -1.88. The lowest BCUT2D eigenvalue weighted by Gasteiger charge is -2.21. The highest BCUT2D eigenvalue weighted by Crippen LogP contribution is 2.40. The molecule has 1 aliphatic rings. The van der Waals surface area contributed by atoms with Crippen LogP contribution in [-0.2, 0) is 10.0 Å². The number of ether oxygens (including phenoxy) is 1. The molecule has 5 heteroatoms. The van der Waals surface area contributed by atoms with E-state index >= 15 is 0 Å². The van der Waals surface area contributed by atoms with Crippen molar-refractivity contribution in [2.45, 2.75) is 4.90 Å². The number of benzene rings is 2. The first kappa shape index (κ1) is 11.1. The zero-order valence-corrected chi connectivity index (χ0v) is 10.5. The molecule has 0 amide bonds. The van der Waals surface area contributed by atoms with Gasteiger partial charge in [-0.3, -0.25) is 4.72 Å². The molecule has 0 bridgehead atoms. The Hall–Kier alpha value is -2.01. The van der Waals surface area contributed by atoms with E-state index in [1.54, 1.807) is 37.4 Å². The largest absolute Gasteiger partial charge is 0.497 e. The molecule has 2 aromatic rings. The highest BCUT2D eigenvalue weighted by molar-refractivity contribution is 7.93. The van der Waals surface area contributed by atoms with Crippen molar-refractivity contribution in [2.24, 2.45) is 0 Å². The van der Waals surface area contributed by atoms with E-state index in [1.807, 2.05) is 12.1 Å². The summed E-state index contributed by atoms with van der Waals surface area (Å²) in [6, 6.07) is 12.2. The molecule has 92 valence electrons. The Labute approximate surface area is 105 Å². The van der Waals surface area contributed by atoms with Crippen LogP contribution in [0.5, 0.6) is 5.75 Å². The Balaban J connectivity index is 2.34. The Morgan fingerprint density at radius 2 is 1.83 bits per heavy atom. The minimum absolute atomic E-state index is 0.297. The number of fused-ring (bicyclic) bond motifs is 3. The van der Waals surface area contributed by atoms with Gasteiger partial charge in [0.25, 0.3) is 10.0 Å². The van der Waals surface area contributed by atoms with Crippen molar-refractivity contribution < 1.29 is 13.2 Å². The van der Waals surface area contributed by atoms with Gasteiger partial charge in [-0.15, -0.1) is 0 Å². The predicted molar refractivity (Wildman–Crippen MR) is 69.2 cm³/mol. The van der Waals surface area contributed by atoms with Crippen molar-refractivity contribution in [3.63, 3.8) is 0 Å². The van der Waals surface area contributed by atoms with Crippen LogP contribution < -0.4 is 9.46 Å². The van der Waals surface area contributed by atoms with E-state index in [9.17, 15) is 8.42 Å². The van der Waals surface area contributed by atoms with E-state index in [0.717, 1.165) is 5.56 Å². The normalized spacial score (nSPS) is 15.2.